The molecule has 0 spiro atoms. The molecule has 1 N–H and O–H groups in total. The van der Waals surface area contributed by atoms with Crippen LogP contribution >= 0.6 is 0 Å². The molecular weight excluding hydrogens is 262 g/mol. The van der Waals surface area contributed by atoms with Crippen molar-refractivity contribution in [2.24, 2.45) is 0 Å². The molecule has 0 saturated carbocycles. The highest BCUT2D eigenvalue weighted by Gasteiger charge is 2.09. The Morgan fingerprint density at radius 1 is 1.24 bits per heavy atom. The number of aryl methyl sites for hydroxylation is 1. The van der Waals surface area contributed by atoms with Crippen molar-refractivity contribution >= 4 is 11.6 Å². The lowest BCUT2D eigenvalue weighted by atomic mass is 10.1. The van der Waals surface area contributed by atoms with Crippen LogP contribution in [0.1, 0.15) is 29.7 Å². The van der Waals surface area contributed by atoms with E-state index in [1.807, 2.05) is 56.4 Å². The summed E-state index contributed by atoms with van der Waals surface area (Å²) in [6.07, 6.45) is 1.90. The minimum absolute atomic E-state index is 0.0660. The lowest BCUT2D eigenvalue weighted by Crippen LogP contribution is -2.07. The first-order valence-corrected chi connectivity index (χ1v) is 6.75. The summed E-state index contributed by atoms with van der Waals surface area (Å²) in [6.45, 7) is 4.07. The molecule has 1 aromatic carbocycles. The summed E-state index contributed by atoms with van der Waals surface area (Å²) in [5.41, 5.74) is 3.72. The van der Waals surface area contributed by atoms with Gasteiger partial charge in [0.15, 0.2) is 5.65 Å². The summed E-state index contributed by atoms with van der Waals surface area (Å²) < 4.78 is 1.75. The Balaban J connectivity index is 1.81. The molecule has 5 heteroatoms. The van der Waals surface area contributed by atoms with E-state index in [4.69, 9.17) is 5.26 Å². The van der Waals surface area contributed by atoms with Crippen LogP contribution < -0.4 is 5.32 Å². The minimum atomic E-state index is 0.0660. The van der Waals surface area contributed by atoms with Crippen molar-refractivity contribution in [1.82, 2.24) is 14.6 Å². The van der Waals surface area contributed by atoms with Crippen LogP contribution in [0.2, 0.25) is 0 Å². The molecule has 0 fully saturated rings. The summed E-state index contributed by atoms with van der Waals surface area (Å²) >= 11 is 0. The number of nitriles is 1. The van der Waals surface area contributed by atoms with Crippen LogP contribution in [0.25, 0.3) is 5.65 Å². The first-order valence-electron chi connectivity index (χ1n) is 6.75. The van der Waals surface area contributed by atoms with Crippen molar-refractivity contribution in [3.05, 3.63) is 59.3 Å². The number of aromatic nitrogens is 3. The Morgan fingerprint density at radius 2 is 2.00 bits per heavy atom. The fourth-order valence-electron chi connectivity index (χ4n) is 2.17. The zero-order valence-corrected chi connectivity index (χ0v) is 11.9. The maximum atomic E-state index is 8.82. The predicted octanol–water partition coefficient (Wildman–Crippen LogP) is 3.08. The molecule has 0 saturated heterocycles. The van der Waals surface area contributed by atoms with Gasteiger partial charge in [-0.2, -0.15) is 10.2 Å². The van der Waals surface area contributed by atoms with Crippen LogP contribution in [-0.4, -0.2) is 14.6 Å². The van der Waals surface area contributed by atoms with Gasteiger partial charge >= 0.3 is 0 Å². The Labute approximate surface area is 122 Å². The van der Waals surface area contributed by atoms with Gasteiger partial charge in [0.25, 0.3) is 0 Å². The molecule has 0 radical (unpaired) electrons. The smallest absolute Gasteiger partial charge is 0.243 e. The van der Waals surface area contributed by atoms with Crippen molar-refractivity contribution in [1.29, 1.82) is 5.26 Å². The Bertz CT molecular complexity index is 811. The lowest BCUT2D eigenvalue weighted by molar-refractivity contribution is 0.852. The Kier molecular flexibility index (Phi) is 3.28. The molecule has 1 unspecified atom stereocenters. The van der Waals surface area contributed by atoms with E-state index in [0.29, 0.717) is 11.5 Å². The maximum absolute atomic E-state index is 8.82. The topological polar surface area (TPSA) is 66.0 Å². The SMILES string of the molecule is Cc1ccn2nc(NC(C)c3ccc(C#N)cc3)nc2c1. The fraction of sp³-hybridized carbons (Fsp3) is 0.188. The molecule has 3 rings (SSSR count). The number of nitrogens with zero attached hydrogens (tertiary/aromatic N) is 4. The Morgan fingerprint density at radius 3 is 2.71 bits per heavy atom. The van der Waals surface area contributed by atoms with Gasteiger partial charge < -0.3 is 5.32 Å². The highest BCUT2D eigenvalue weighted by molar-refractivity contribution is 5.46. The number of pyridine rings is 1. The standard InChI is InChI=1S/C16H15N5/c1-11-7-8-21-15(9-11)19-16(20-21)18-12(2)14-5-3-13(10-17)4-6-14/h3-9,12H,1-2H3,(H,18,20). The molecule has 3 aromatic rings. The van der Waals surface area contributed by atoms with Crippen LogP contribution in [0.15, 0.2) is 42.6 Å². The largest absolute Gasteiger partial charge is 0.346 e. The summed E-state index contributed by atoms with van der Waals surface area (Å²) in [7, 11) is 0. The number of fused-ring (bicyclic) bond motifs is 1. The van der Waals surface area contributed by atoms with Crippen LogP contribution in [0.4, 0.5) is 5.95 Å². The molecule has 0 aliphatic rings. The van der Waals surface area contributed by atoms with Gasteiger partial charge in [0.05, 0.1) is 17.7 Å². The van der Waals surface area contributed by atoms with Crippen molar-refractivity contribution in [2.75, 3.05) is 5.32 Å². The second-order valence-electron chi connectivity index (χ2n) is 5.04. The van der Waals surface area contributed by atoms with Gasteiger partial charge in [-0.3, -0.25) is 0 Å². The third-order valence-corrected chi connectivity index (χ3v) is 3.38. The van der Waals surface area contributed by atoms with E-state index in [2.05, 4.69) is 21.5 Å². The molecule has 1 atom stereocenters. The average molecular weight is 277 g/mol. The zero-order chi connectivity index (χ0) is 14.8. The fourth-order valence-corrected chi connectivity index (χ4v) is 2.17. The molecule has 2 aromatic heterocycles. The zero-order valence-electron chi connectivity index (χ0n) is 11.9. The number of rotatable bonds is 3. The quantitative estimate of drug-likeness (QED) is 0.799. The molecule has 0 amide bonds. The van der Waals surface area contributed by atoms with Gasteiger partial charge in [-0.15, -0.1) is 5.10 Å². The summed E-state index contributed by atoms with van der Waals surface area (Å²) in [6, 6.07) is 13.7. The van der Waals surface area contributed by atoms with Crippen LogP contribution in [0.3, 0.4) is 0 Å². The number of hydrogen-bond acceptors (Lipinski definition) is 4. The van der Waals surface area contributed by atoms with E-state index < -0.39 is 0 Å². The van der Waals surface area contributed by atoms with Gasteiger partial charge in [-0.25, -0.2) is 4.52 Å². The average Bonchev–Trinajstić information content (AvgIpc) is 2.88. The third-order valence-electron chi connectivity index (χ3n) is 3.38. The van der Waals surface area contributed by atoms with Crippen LogP contribution in [-0.2, 0) is 0 Å². The van der Waals surface area contributed by atoms with E-state index >= 15 is 0 Å². The Hall–Kier alpha value is -2.87. The molecule has 21 heavy (non-hydrogen) atoms. The number of hydrogen-bond donors (Lipinski definition) is 1. The van der Waals surface area contributed by atoms with Crippen LogP contribution in [0.5, 0.6) is 0 Å². The van der Waals surface area contributed by atoms with Crippen LogP contribution in [0, 0.1) is 18.3 Å². The van der Waals surface area contributed by atoms with E-state index in [1.54, 1.807) is 4.52 Å². The van der Waals surface area contributed by atoms with Crippen molar-refractivity contribution in [2.45, 2.75) is 19.9 Å². The van der Waals surface area contributed by atoms with Gasteiger partial charge in [0, 0.05) is 6.20 Å². The van der Waals surface area contributed by atoms with Gasteiger partial charge in [0.2, 0.25) is 5.95 Å². The first kappa shape index (κ1) is 13.1. The summed E-state index contributed by atoms with van der Waals surface area (Å²) in [4.78, 5) is 4.46. The van der Waals surface area contributed by atoms with E-state index in [0.717, 1.165) is 16.8 Å². The molecule has 2 heterocycles. The number of benzene rings is 1. The normalized spacial score (nSPS) is 12.0. The van der Waals surface area contributed by atoms with Crippen molar-refractivity contribution in [3.8, 4) is 6.07 Å². The van der Waals surface area contributed by atoms with Gasteiger partial charge in [-0.05, 0) is 49.2 Å². The third kappa shape index (κ3) is 2.70. The van der Waals surface area contributed by atoms with E-state index in [1.165, 1.54) is 0 Å². The molecule has 104 valence electrons. The molecule has 0 aliphatic heterocycles. The van der Waals surface area contributed by atoms with E-state index in [9.17, 15) is 0 Å². The second kappa shape index (κ2) is 5.25. The predicted molar refractivity (Wildman–Crippen MR) is 80.9 cm³/mol. The molecule has 0 bridgehead atoms. The van der Waals surface area contributed by atoms with Crippen molar-refractivity contribution < 1.29 is 0 Å². The molecule has 5 nitrogen and oxygen atoms in total. The second-order valence-corrected chi connectivity index (χ2v) is 5.04. The number of anilines is 1. The van der Waals surface area contributed by atoms with Crippen molar-refractivity contribution in [3.63, 3.8) is 0 Å². The lowest BCUT2D eigenvalue weighted by Gasteiger charge is -2.12. The van der Waals surface area contributed by atoms with Gasteiger partial charge in [-0.1, -0.05) is 12.1 Å². The maximum Gasteiger partial charge on any atom is 0.243 e. The van der Waals surface area contributed by atoms with E-state index in [-0.39, 0.29) is 6.04 Å². The number of nitrogens with one attached hydrogen (secondary N) is 1. The highest BCUT2D eigenvalue weighted by atomic mass is 15.3. The minimum Gasteiger partial charge on any atom is -0.346 e. The first-order chi connectivity index (χ1) is 10.2. The van der Waals surface area contributed by atoms with Gasteiger partial charge in [0.1, 0.15) is 0 Å². The molecule has 0 aliphatic carbocycles. The summed E-state index contributed by atoms with van der Waals surface area (Å²) in [5, 5.41) is 16.5. The molecular formula is C16H15N5. The monoisotopic (exact) mass is 277 g/mol. The highest BCUT2D eigenvalue weighted by Crippen LogP contribution is 2.18. The summed E-state index contributed by atoms with van der Waals surface area (Å²) in [5.74, 6) is 0.595.